The standard InChI is InChI=1S/C18H28BrN3O/c1-20-9-11-22(12-10-20)17-5-7-21(8-6-17)14-15-13-16(19)3-4-18(15)23-2/h3-4,13,17H,5-12,14H2,1-2H3. The molecule has 3 rings (SSSR count). The molecule has 0 unspecified atom stereocenters. The van der Waals surface area contributed by atoms with Crippen molar-refractivity contribution in [3.8, 4) is 5.75 Å². The second kappa shape index (κ2) is 7.97. The second-order valence-corrected chi connectivity index (χ2v) is 7.72. The first-order chi connectivity index (χ1) is 11.2. The Labute approximate surface area is 148 Å². The van der Waals surface area contributed by atoms with Crippen LogP contribution < -0.4 is 4.74 Å². The number of hydrogen-bond donors (Lipinski definition) is 0. The topological polar surface area (TPSA) is 19.0 Å². The summed E-state index contributed by atoms with van der Waals surface area (Å²) in [5.74, 6) is 0.995. The van der Waals surface area contributed by atoms with Gasteiger partial charge >= 0.3 is 0 Å². The molecule has 0 amide bonds. The summed E-state index contributed by atoms with van der Waals surface area (Å²) in [5, 5.41) is 0. The van der Waals surface area contributed by atoms with Gasteiger partial charge in [0.05, 0.1) is 7.11 Å². The van der Waals surface area contributed by atoms with E-state index in [1.54, 1.807) is 7.11 Å². The van der Waals surface area contributed by atoms with Gasteiger partial charge in [0.1, 0.15) is 5.75 Å². The first-order valence-corrected chi connectivity index (χ1v) is 9.42. The molecular formula is C18H28BrN3O. The van der Waals surface area contributed by atoms with Gasteiger partial charge in [-0.05, 0) is 51.2 Å². The first kappa shape index (κ1) is 17.2. The lowest BCUT2D eigenvalue weighted by Crippen LogP contribution is -2.52. The lowest BCUT2D eigenvalue weighted by atomic mass is 10.0. The molecule has 0 N–H and O–H groups in total. The van der Waals surface area contributed by atoms with Crippen LogP contribution in [-0.2, 0) is 6.54 Å². The average Bonchev–Trinajstić information content (AvgIpc) is 2.57. The molecule has 1 aromatic carbocycles. The van der Waals surface area contributed by atoms with Gasteiger partial charge < -0.3 is 9.64 Å². The van der Waals surface area contributed by atoms with Crippen LogP contribution in [0.15, 0.2) is 22.7 Å². The number of methoxy groups -OCH3 is 1. The molecule has 23 heavy (non-hydrogen) atoms. The van der Waals surface area contributed by atoms with E-state index in [9.17, 15) is 0 Å². The quantitative estimate of drug-likeness (QED) is 0.797. The summed E-state index contributed by atoms with van der Waals surface area (Å²) in [6.07, 6.45) is 2.58. The van der Waals surface area contributed by atoms with E-state index in [1.807, 2.05) is 6.07 Å². The summed E-state index contributed by atoms with van der Waals surface area (Å²) >= 11 is 3.57. The van der Waals surface area contributed by atoms with Crippen molar-refractivity contribution < 1.29 is 4.74 Å². The molecule has 0 aromatic heterocycles. The Kier molecular flexibility index (Phi) is 5.96. The van der Waals surface area contributed by atoms with Gasteiger partial charge in [0.2, 0.25) is 0 Å². The van der Waals surface area contributed by atoms with Gasteiger partial charge in [-0.2, -0.15) is 0 Å². The molecule has 2 aliphatic heterocycles. The highest BCUT2D eigenvalue weighted by atomic mass is 79.9. The van der Waals surface area contributed by atoms with Crippen molar-refractivity contribution in [3.63, 3.8) is 0 Å². The van der Waals surface area contributed by atoms with Gasteiger partial charge in [-0.25, -0.2) is 0 Å². The van der Waals surface area contributed by atoms with Crippen molar-refractivity contribution >= 4 is 15.9 Å². The smallest absolute Gasteiger partial charge is 0.123 e. The number of benzene rings is 1. The number of halogens is 1. The summed E-state index contributed by atoms with van der Waals surface area (Å²) in [6, 6.07) is 7.06. The summed E-state index contributed by atoms with van der Waals surface area (Å²) < 4.78 is 6.63. The van der Waals surface area contributed by atoms with Gasteiger partial charge in [0.25, 0.3) is 0 Å². The largest absolute Gasteiger partial charge is 0.496 e. The summed E-state index contributed by atoms with van der Waals surface area (Å²) in [4.78, 5) is 7.71. The Balaban J connectivity index is 1.52. The zero-order valence-electron chi connectivity index (χ0n) is 14.3. The number of piperazine rings is 1. The third-order valence-corrected chi connectivity index (χ3v) is 5.74. The minimum atomic E-state index is 0.782. The summed E-state index contributed by atoms with van der Waals surface area (Å²) in [5.41, 5.74) is 1.28. The number of ether oxygens (including phenoxy) is 1. The third kappa shape index (κ3) is 4.47. The van der Waals surface area contributed by atoms with Crippen LogP contribution in [0.3, 0.4) is 0 Å². The van der Waals surface area contributed by atoms with E-state index in [2.05, 4.69) is 49.8 Å². The maximum atomic E-state index is 5.51. The lowest BCUT2D eigenvalue weighted by molar-refractivity contribution is 0.0656. The Bertz CT molecular complexity index is 509. The molecule has 2 heterocycles. The molecule has 1 aromatic rings. The van der Waals surface area contributed by atoms with E-state index < -0.39 is 0 Å². The van der Waals surface area contributed by atoms with Crippen molar-refractivity contribution in [3.05, 3.63) is 28.2 Å². The minimum Gasteiger partial charge on any atom is -0.496 e. The highest BCUT2D eigenvalue weighted by molar-refractivity contribution is 9.10. The van der Waals surface area contributed by atoms with Crippen LogP contribution in [0.1, 0.15) is 18.4 Å². The Morgan fingerprint density at radius 1 is 1.09 bits per heavy atom. The Hall–Kier alpha value is -0.620. The van der Waals surface area contributed by atoms with Crippen LogP contribution in [0.5, 0.6) is 5.75 Å². The van der Waals surface area contributed by atoms with Crippen LogP contribution in [-0.4, -0.2) is 74.2 Å². The van der Waals surface area contributed by atoms with Crippen molar-refractivity contribution in [1.29, 1.82) is 0 Å². The molecule has 4 nitrogen and oxygen atoms in total. The third-order valence-electron chi connectivity index (χ3n) is 5.25. The molecular weight excluding hydrogens is 354 g/mol. The molecule has 2 saturated heterocycles. The number of likely N-dealkylation sites (tertiary alicyclic amines) is 1. The molecule has 0 bridgehead atoms. The van der Waals surface area contributed by atoms with Gasteiger partial charge in [0.15, 0.2) is 0 Å². The van der Waals surface area contributed by atoms with E-state index in [0.29, 0.717) is 0 Å². The Morgan fingerprint density at radius 3 is 2.43 bits per heavy atom. The monoisotopic (exact) mass is 381 g/mol. The fourth-order valence-corrected chi connectivity index (χ4v) is 4.15. The number of likely N-dealkylation sites (N-methyl/N-ethyl adjacent to an activating group) is 1. The van der Waals surface area contributed by atoms with Crippen LogP contribution >= 0.6 is 15.9 Å². The zero-order chi connectivity index (χ0) is 16.2. The lowest BCUT2D eigenvalue weighted by Gasteiger charge is -2.42. The predicted octanol–water partition coefficient (Wildman–Crippen LogP) is 2.67. The number of piperidine rings is 1. The second-order valence-electron chi connectivity index (χ2n) is 6.80. The highest BCUT2D eigenvalue weighted by Gasteiger charge is 2.26. The fourth-order valence-electron chi connectivity index (χ4n) is 3.74. The van der Waals surface area contributed by atoms with Crippen LogP contribution in [0, 0.1) is 0 Å². The fraction of sp³-hybridized carbons (Fsp3) is 0.667. The minimum absolute atomic E-state index is 0.782. The van der Waals surface area contributed by atoms with E-state index in [-0.39, 0.29) is 0 Å². The van der Waals surface area contributed by atoms with Crippen LogP contribution in [0.4, 0.5) is 0 Å². The molecule has 2 fully saturated rings. The molecule has 0 aliphatic carbocycles. The van der Waals surface area contributed by atoms with Gasteiger partial charge in [-0.15, -0.1) is 0 Å². The molecule has 0 saturated carbocycles. The number of nitrogens with zero attached hydrogens (tertiary/aromatic N) is 3. The summed E-state index contributed by atoms with van der Waals surface area (Å²) in [7, 11) is 3.98. The van der Waals surface area contributed by atoms with Crippen LogP contribution in [0.25, 0.3) is 0 Å². The predicted molar refractivity (Wildman–Crippen MR) is 98.1 cm³/mol. The molecule has 5 heteroatoms. The van der Waals surface area contributed by atoms with Gasteiger partial charge in [0, 0.05) is 48.8 Å². The van der Waals surface area contributed by atoms with Crippen LogP contribution in [0.2, 0.25) is 0 Å². The summed E-state index contributed by atoms with van der Waals surface area (Å²) in [6.45, 7) is 8.27. The van der Waals surface area contributed by atoms with Crippen molar-refractivity contribution in [2.75, 3.05) is 53.4 Å². The highest BCUT2D eigenvalue weighted by Crippen LogP contribution is 2.26. The van der Waals surface area contributed by atoms with E-state index in [1.165, 1.54) is 57.7 Å². The number of rotatable bonds is 4. The molecule has 0 radical (unpaired) electrons. The van der Waals surface area contributed by atoms with E-state index >= 15 is 0 Å². The molecule has 2 aliphatic rings. The normalized spacial score (nSPS) is 22.4. The maximum absolute atomic E-state index is 5.51. The van der Waals surface area contributed by atoms with E-state index in [4.69, 9.17) is 4.74 Å². The maximum Gasteiger partial charge on any atom is 0.123 e. The SMILES string of the molecule is COc1ccc(Br)cc1CN1CCC(N2CCN(C)CC2)CC1. The number of hydrogen-bond acceptors (Lipinski definition) is 4. The molecule has 0 spiro atoms. The van der Waals surface area contributed by atoms with Crippen molar-refractivity contribution in [2.45, 2.75) is 25.4 Å². The first-order valence-electron chi connectivity index (χ1n) is 8.63. The zero-order valence-corrected chi connectivity index (χ0v) is 15.9. The van der Waals surface area contributed by atoms with Gasteiger partial charge in [-0.1, -0.05) is 15.9 Å². The molecule has 0 atom stereocenters. The van der Waals surface area contributed by atoms with Crippen molar-refractivity contribution in [2.24, 2.45) is 0 Å². The average molecular weight is 382 g/mol. The van der Waals surface area contributed by atoms with Crippen molar-refractivity contribution in [1.82, 2.24) is 14.7 Å². The molecule has 128 valence electrons. The Morgan fingerprint density at radius 2 is 1.78 bits per heavy atom. The van der Waals surface area contributed by atoms with Gasteiger partial charge in [-0.3, -0.25) is 9.80 Å². The van der Waals surface area contributed by atoms with E-state index in [0.717, 1.165) is 22.8 Å².